The molecule has 0 saturated carbocycles. The van der Waals surface area contributed by atoms with Gasteiger partial charge in [0.1, 0.15) is 10.9 Å². The molecule has 17 heavy (non-hydrogen) atoms. The molecule has 0 bridgehead atoms. The number of pyridine rings is 1. The van der Waals surface area contributed by atoms with E-state index in [1.54, 1.807) is 0 Å². The van der Waals surface area contributed by atoms with Crippen molar-refractivity contribution in [3.05, 3.63) is 22.5 Å². The van der Waals surface area contributed by atoms with Gasteiger partial charge < -0.3 is 9.47 Å². The Balaban J connectivity index is 3.28. The van der Waals surface area contributed by atoms with Crippen LogP contribution in [0.1, 0.15) is 17.6 Å². The third-order valence-electron chi connectivity index (χ3n) is 2.12. The molecule has 0 atom stereocenters. The molecule has 0 saturated heterocycles. The van der Waals surface area contributed by atoms with Gasteiger partial charge in [0.25, 0.3) is 6.43 Å². The summed E-state index contributed by atoms with van der Waals surface area (Å²) in [5.41, 5.74) is -0.509. The van der Waals surface area contributed by atoms with Crippen LogP contribution in [0.15, 0.2) is 6.20 Å². The number of esters is 1. The molecule has 1 aromatic rings. The van der Waals surface area contributed by atoms with Gasteiger partial charge in [-0.1, -0.05) is 11.6 Å². The predicted octanol–water partition coefficient (Wildman–Crippen LogP) is 2.40. The zero-order chi connectivity index (χ0) is 13.0. The van der Waals surface area contributed by atoms with E-state index in [-0.39, 0.29) is 22.9 Å². The van der Waals surface area contributed by atoms with Crippen molar-refractivity contribution in [2.75, 3.05) is 14.2 Å². The molecule has 0 aliphatic rings. The molecule has 94 valence electrons. The Hall–Kier alpha value is -1.43. The Morgan fingerprint density at radius 1 is 1.53 bits per heavy atom. The third-order valence-corrected chi connectivity index (χ3v) is 2.45. The van der Waals surface area contributed by atoms with E-state index in [0.29, 0.717) is 0 Å². The van der Waals surface area contributed by atoms with Gasteiger partial charge in [-0.2, -0.15) is 0 Å². The third kappa shape index (κ3) is 3.03. The highest BCUT2D eigenvalue weighted by Crippen LogP contribution is 2.35. The molecular weight excluding hydrogens is 256 g/mol. The van der Waals surface area contributed by atoms with Crippen LogP contribution in [-0.4, -0.2) is 25.2 Å². The molecular formula is C10H10ClF2NO3. The van der Waals surface area contributed by atoms with Crippen LogP contribution in [0.5, 0.6) is 5.75 Å². The van der Waals surface area contributed by atoms with E-state index in [1.807, 2.05) is 0 Å². The van der Waals surface area contributed by atoms with Crippen molar-refractivity contribution in [1.82, 2.24) is 4.98 Å². The number of methoxy groups -OCH3 is 2. The van der Waals surface area contributed by atoms with Crippen LogP contribution >= 0.6 is 11.6 Å². The highest BCUT2D eigenvalue weighted by molar-refractivity contribution is 6.30. The van der Waals surface area contributed by atoms with Gasteiger partial charge in [-0.25, -0.2) is 13.8 Å². The van der Waals surface area contributed by atoms with E-state index in [4.69, 9.17) is 16.3 Å². The highest BCUT2D eigenvalue weighted by atomic mass is 35.5. The summed E-state index contributed by atoms with van der Waals surface area (Å²) in [6.07, 6.45) is -2.10. The van der Waals surface area contributed by atoms with Crippen LogP contribution in [-0.2, 0) is 16.0 Å². The minimum absolute atomic E-state index is 0.0760. The zero-order valence-electron chi connectivity index (χ0n) is 9.17. The molecule has 0 aliphatic heterocycles. The molecule has 0 amide bonds. The van der Waals surface area contributed by atoms with Gasteiger partial charge in [-0.3, -0.25) is 4.79 Å². The largest absolute Gasteiger partial charge is 0.495 e. The molecule has 0 radical (unpaired) electrons. The molecule has 1 aromatic heterocycles. The fraction of sp³-hybridized carbons (Fsp3) is 0.400. The van der Waals surface area contributed by atoms with E-state index in [9.17, 15) is 13.6 Å². The first-order chi connectivity index (χ1) is 8.01. The van der Waals surface area contributed by atoms with Crippen LogP contribution in [0.25, 0.3) is 0 Å². The lowest BCUT2D eigenvalue weighted by molar-refractivity contribution is -0.139. The number of carbonyl (C=O) groups is 1. The lowest BCUT2D eigenvalue weighted by atomic mass is 10.1. The smallest absolute Gasteiger partial charge is 0.310 e. The van der Waals surface area contributed by atoms with Gasteiger partial charge in [0.05, 0.1) is 32.4 Å². The van der Waals surface area contributed by atoms with Crippen molar-refractivity contribution in [1.29, 1.82) is 0 Å². The SMILES string of the molecule is COC(=O)Cc1c(Cl)ncc(OC)c1C(F)F. The summed E-state index contributed by atoms with van der Waals surface area (Å²) in [4.78, 5) is 14.8. The Kier molecular flexibility index (Phi) is 4.62. The lowest BCUT2D eigenvalue weighted by Gasteiger charge is -2.13. The lowest BCUT2D eigenvalue weighted by Crippen LogP contribution is -2.10. The van der Waals surface area contributed by atoms with E-state index < -0.39 is 18.0 Å². The van der Waals surface area contributed by atoms with Crippen molar-refractivity contribution in [2.45, 2.75) is 12.8 Å². The Bertz CT molecular complexity index is 426. The monoisotopic (exact) mass is 265 g/mol. The molecule has 0 N–H and O–H groups in total. The summed E-state index contributed by atoms with van der Waals surface area (Å²) in [5, 5.41) is -0.161. The maximum atomic E-state index is 12.9. The number of hydrogen-bond donors (Lipinski definition) is 0. The fourth-order valence-electron chi connectivity index (χ4n) is 1.31. The maximum absolute atomic E-state index is 12.9. The Morgan fingerprint density at radius 3 is 2.65 bits per heavy atom. The molecule has 1 rings (SSSR count). The van der Waals surface area contributed by atoms with Gasteiger partial charge >= 0.3 is 5.97 Å². The minimum Gasteiger partial charge on any atom is -0.495 e. The maximum Gasteiger partial charge on any atom is 0.310 e. The first-order valence-corrected chi connectivity index (χ1v) is 4.95. The van der Waals surface area contributed by atoms with E-state index >= 15 is 0 Å². The highest BCUT2D eigenvalue weighted by Gasteiger charge is 2.24. The van der Waals surface area contributed by atoms with E-state index in [2.05, 4.69) is 9.72 Å². The van der Waals surface area contributed by atoms with Gasteiger partial charge in [-0.05, 0) is 0 Å². The Labute approximate surface area is 101 Å². The van der Waals surface area contributed by atoms with E-state index in [0.717, 1.165) is 13.3 Å². The Morgan fingerprint density at radius 2 is 2.18 bits per heavy atom. The molecule has 4 nitrogen and oxygen atoms in total. The minimum atomic E-state index is -2.81. The topological polar surface area (TPSA) is 48.4 Å². The van der Waals surface area contributed by atoms with Crippen molar-refractivity contribution in [3.63, 3.8) is 0 Å². The fourth-order valence-corrected chi connectivity index (χ4v) is 1.53. The summed E-state index contributed by atoms with van der Waals surface area (Å²) in [6.45, 7) is 0. The molecule has 7 heteroatoms. The first kappa shape index (κ1) is 13.6. The molecule has 1 heterocycles. The van der Waals surface area contributed by atoms with Gasteiger partial charge in [0.2, 0.25) is 0 Å². The number of aromatic nitrogens is 1. The van der Waals surface area contributed by atoms with Crippen molar-refractivity contribution in [3.8, 4) is 5.75 Å². The zero-order valence-corrected chi connectivity index (χ0v) is 9.92. The molecule has 0 spiro atoms. The average molecular weight is 266 g/mol. The van der Waals surface area contributed by atoms with Crippen molar-refractivity contribution in [2.24, 2.45) is 0 Å². The summed E-state index contributed by atoms with van der Waals surface area (Å²) in [5.74, 6) is -0.785. The van der Waals surface area contributed by atoms with E-state index in [1.165, 1.54) is 7.11 Å². The average Bonchev–Trinajstić information content (AvgIpc) is 2.30. The molecule has 0 fully saturated rings. The second-order valence-electron chi connectivity index (χ2n) is 3.06. The van der Waals surface area contributed by atoms with Gasteiger partial charge in [0, 0.05) is 5.56 Å². The van der Waals surface area contributed by atoms with Crippen LogP contribution in [0.4, 0.5) is 8.78 Å². The number of nitrogens with zero attached hydrogens (tertiary/aromatic N) is 1. The normalized spacial score (nSPS) is 10.5. The number of halogens is 3. The van der Waals surface area contributed by atoms with Crippen LogP contribution in [0.3, 0.4) is 0 Å². The van der Waals surface area contributed by atoms with Crippen LogP contribution in [0, 0.1) is 0 Å². The summed E-state index contributed by atoms with van der Waals surface area (Å²) in [7, 11) is 2.39. The number of carbonyl (C=O) groups excluding carboxylic acids is 1. The number of ether oxygens (including phenoxy) is 2. The van der Waals surface area contributed by atoms with Crippen LogP contribution < -0.4 is 4.74 Å². The summed E-state index contributed by atoms with van der Waals surface area (Å²) < 4.78 is 35.0. The number of hydrogen-bond acceptors (Lipinski definition) is 4. The number of rotatable bonds is 4. The summed E-state index contributed by atoms with van der Waals surface area (Å²) >= 11 is 5.70. The second kappa shape index (κ2) is 5.77. The summed E-state index contributed by atoms with van der Waals surface area (Å²) in [6, 6.07) is 0. The molecule has 0 aliphatic carbocycles. The van der Waals surface area contributed by atoms with Crippen molar-refractivity contribution >= 4 is 17.6 Å². The van der Waals surface area contributed by atoms with Gasteiger partial charge in [0.15, 0.2) is 0 Å². The first-order valence-electron chi connectivity index (χ1n) is 4.57. The quantitative estimate of drug-likeness (QED) is 0.620. The molecule has 0 aromatic carbocycles. The van der Waals surface area contributed by atoms with Crippen LogP contribution in [0.2, 0.25) is 5.15 Å². The van der Waals surface area contributed by atoms with Crippen molar-refractivity contribution < 1.29 is 23.0 Å². The van der Waals surface area contributed by atoms with Gasteiger partial charge in [-0.15, -0.1) is 0 Å². The molecule has 0 unspecified atom stereocenters. The number of alkyl halides is 2. The second-order valence-corrected chi connectivity index (χ2v) is 3.42. The standard InChI is InChI=1S/C10H10ClF2NO3/c1-16-6-4-14-9(11)5(3-7(15)17-2)8(6)10(12)13/h4,10H,3H2,1-2H3. The predicted molar refractivity (Wildman–Crippen MR) is 56.5 cm³/mol.